The predicted molar refractivity (Wildman–Crippen MR) is 52.8 cm³/mol. The maximum Gasteiger partial charge on any atom is 0.223 e. The summed E-state index contributed by atoms with van der Waals surface area (Å²) >= 11 is 0. The van der Waals surface area contributed by atoms with Crippen molar-refractivity contribution >= 4 is 5.91 Å². The van der Waals surface area contributed by atoms with Gasteiger partial charge in [0, 0.05) is 17.9 Å². The van der Waals surface area contributed by atoms with Crippen molar-refractivity contribution in [1.82, 2.24) is 5.32 Å². The van der Waals surface area contributed by atoms with Gasteiger partial charge in [-0.15, -0.1) is 0 Å². The van der Waals surface area contributed by atoms with E-state index in [1.54, 1.807) is 6.26 Å². The van der Waals surface area contributed by atoms with E-state index in [1.165, 1.54) is 0 Å². The molecule has 0 spiro atoms. The number of hydrogen-bond acceptors (Lipinski definition) is 2. The van der Waals surface area contributed by atoms with Crippen LogP contribution >= 0.6 is 0 Å². The average Bonchev–Trinajstić information content (AvgIpc) is 2.76. The van der Waals surface area contributed by atoms with Crippen LogP contribution in [0.4, 0.5) is 0 Å². The zero-order valence-electron chi connectivity index (χ0n) is 8.49. The lowest BCUT2D eigenvalue weighted by molar-refractivity contribution is -0.122. The van der Waals surface area contributed by atoms with Crippen LogP contribution < -0.4 is 5.32 Å². The molecule has 1 aromatic heterocycles. The Morgan fingerprint density at radius 3 is 2.93 bits per heavy atom. The normalized spacial score (nSPS) is 31.9. The summed E-state index contributed by atoms with van der Waals surface area (Å²) in [5, 5.41) is 2.99. The number of furan rings is 1. The van der Waals surface area contributed by atoms with E-state index in [0.717, 1.165) is 12.2 Å². The Bertz CT molecular complexity index is 318. The van der Waals surface area contributed by atoms with Crippen molar-refractivity contribution in [3.05, 3.63) is 24.2 Å². The molecule has 1 fully saturated rings. The molecule has 0 bridgehead atoms. The summed E-state index contributed by atoms with van der Waals surface area (Å²) in [6.45, 7) is 4.04. The molecule has 1 aliphatic rings. The van der Waals surface area contributed by atoms with Gasteiger partial charge in [0.15, 0.2) is 0 Å². The molecule has 3 nitrogen and oxygen atoms in total. The Balaban J connectivity index is 2.28. The Morgan fingerprint density at radius 2 is 2.36 bits per heavy atom. The van der Waals surface area contributed by atoms with Gasteiger partial charge in [-0.3, -0.25) is 4.79 Å². The van der Waals surface area contributed by atoms with Crippen molar-refractivity contribution in [3.8, 4) is 0 Å². The van der Waals surface area contributed by atoms with Crippen LogP contribution in [0.15, 0.2) is 22.8 Å². The molecule has 2 heterocycles. The quantitative estimate of drug-likeness (QED) is 0.779. The van der Waals surface area contributed by atoms with E-state index in [-0.39, 0.29) is 23.8 Å². The van der Waals surface area contributed by atoms with Gasteiger partial charge in [0.25, 0.3) is 0 Å². The van der Waals surface area contributed by atoms with E-state index in [1.807, 2.05) is 19.1 Å². The maximum absolute atomic E-state index is 11.5. The second-order valence-electron chi connectivity index (χ2n) is 3.85. The average molecular weight is 193 g/mol. The monoisotopic (exact) mass is 193 g/mol. The molecule has 3 atom stereocenters. The Labute approximate surface area is 83.5 Å². The highest BCUT2D eigenvalue weighted by atomic mass is 16.3. The molecule has 0 radical (unpaired) electrons. The fourth-order valence-electron chi connectivity index (χ4n) is 2.20. The van der Waals surface area contributed by atoms with E-state index < -0.39 is 0 Å². The van der Waals surface area contributed by atoms with Crippen molar-refractivity contribution in [1.29, 1.82) is 0 Å². The van der Waals surface area contributed by atoms with Gasteiger partial charge in [0.05, 0.1) is 6.26 Å². The molecular weight excluding hydrogens is 178 g/mol. The number of carbonyl (C=O) groups is 1. The van der Waals surface area contributed by atoms with Crippen molar-refractivity contribution < 1.29 is 9.21 Å². The van der Waals surface area contributed by atoms with Gasteiger partial charge in [-0.25, -0.2) is 0 Å². The van der Waals surface area contributed by atoms with E-state index in [0.29, 0.717) is 0 Å². The first-order chi connectivity index (χ1) is 6.74. The topological polar surface area (TPSA) is 42.2 Å². The summed E-state index contributed by atoms with van der Waals surface area (Å²) in [7, 11) is 0. The van der Waals surface area contributed by atoms with Gasteiger partial charge in [0.1, 0.15) is 5.76 Å². The molecule has 1 aliphatic heterocycles. The van der Waals surface area contributed by atoms with E-state index in [2.05, 4.69) is 12.2 Å². The summed E-state index contributed by atoms with van der Waals surface area (Å²) in [5.41, 5.74) is 0. The third-order valence-electron chi connectivity index (χ3n) is 3.02. The van der Waals surface area contributed by atoms with E-state index in [9.17, 15) is 4.79 Å². The van der Waals surface area contributed by atoms with Crippen LogP contribution in [-0.2, 0) is 4.79 Å². The third-order valence-corrected chi connectivity index (χ3v) is 3.02. The molecule has 0 aromatic carbocycles. The van der Waals surface area contributed by atoms with Crippen molar-refractivity contribution in [2.75, 3.05) is 0 Å². The molecule has 1 saturated heterocycles. The van der Waals surface area contributed by atoms with Crippen LogP contribution in [0.2, 0.25) is 0 Å². The predicted octanol–water partition coefficient (Wildman–Crippen LogP) is 1.91. The maximum atomic E-state index is 11.5. The highest BCUT2D eigenvalue weighted by molar-refractivity contribution is 5.82. The van der Waals surface area contributed by atoms with Crippen LogP contribution in [0.25, 0.3) is 0 Å². The number of rotatable bonds is 2. The first-order valence-corrected chi connectivity index (χ1v) is 5.07. The molecule has 0 aliphatic carbocycles. The van der Waals surface area contributed by atoms with Gasteiger partial charge in [0.2, 0.25) is 5.91 Å². The lowest BCUT2D eigenvalue weighted by atomic mass is 9.88. The minimum atomic E-state index is 0.0195. The van der Waals surface area contributed by atoms with Gasteiger partial charge < -0.3 is 9.73 Å². The molecule has 1 aromatic rings. The Morgan fingerprint density at radius 1 is 1.57 bits per heavy atom. The first-order valence-electron chi connectivity index (χ1n) is 5.07. The SMILES string of the molecule is CCC1NC(=O)C(C)C1c1ccco1. The minimum absolute atomic E-state index is 0.0195. The minimum Gasteiger partial charge on any atom is -0.469 e. The Hall–Kier alpha value is -1.25. The molecule has 3 heteroatoms. The number of nitrogens with one attached hydrogen (secondary N) is 1. The molecule has 1 N–H and O–H groups in total. The van der Waals surface area contributed by atoms with Crippen molar-refractivity contribution in [3.63, 3.8) is 0 Å². The van der Waals surface area contributed by atoms with Crippen LogP contribution in [0, 0.1) is 5.92 Å². The van der Waals surface area contributed by atoms with Crippen LogP contribution in [0.3, 0.4) is 0 Å². The smallest absolute Gasteiger partial charge is 0.223 e. The summed E-state index contributed by atoms with van der Waals surface area (Å²) < 4.78 is 5.38. The van der Waals surface area contributed by atoms with E-state index >= 15 is 0 Å². The van der Waals surface area contributed by atoms with Crippen LogP contribution in [0.1, 0.15) is 31.9 Å². The van der Waals surface area contributed by atoms with E-state index in [4.69, 9.17) is 4.42 Å². The van der Waals surface area contributed by atoms with Gasteiger partial charge in [-0.1, -0.05) is 13.8 Å². The first kappa shape index (κ1) is 9.31. The second-order valence-corrected chi connectivity index (χ2v) is 3.85. The zero-order valence-corrected chi connectivity index (χ0v) is 8.49. The molecular formula is C11H15NO2. The zero-order chi connectivity index (χ0) is 10.1. The van der Waals surface area contributed by atoms with Crippen molar-refractivity contribution in [2.45, 2.75) is 32.2 Å². The summed E-state index contributed by atoms with van der Waals surface area (Å²) in [5.74, 6) is 1.27. The molecule has 14 heavy (non-hydrogen) atoms. The lowest BCUT2D eigenvalue weighted by Crippen LogP contribution is -2.27. The number of carbonyl (C=O) groups excluding carboxylic acids is 1. The number of amides is 1. The van der Waals surface area contributed by atoms with Crippen LogP contribution in [-0.4, -0.2) is 11.9 Å². The fraction of sp³-hybridized carbons (Fsp3) is 0.545. The standard InChI is InChI=1S/C11H15NO2/c1-3-8-10(7(2)11(13)12-8)9-5-4-6-14-9/h4-8,10H,3H2,1-2H3,(H,12,13). The summed E-state index contributed by atoms with van der Waals surface area (Å²) in [6, 6.07) is 4.05. The van der Waals surface area contributed by atoms with Crippen molar-refractivity contribution in [2.24, 2.45) is 5.92 Å². The summed E-state index contributed by atoms with van der Waals surface area (Å²) in [6.07, 6.45) is 2.61. The highest BCUT2D eigenvalue weighted by Gasteiger charge is 2.40. The number of hydrogen-bond donors (Lipinski definition) is 1. The second kappa shape index (κ2) is 3.48. The van der Waals surface area contributed by atoms with Gasteiger partial charge >= 0.3 is 0 Å². The summed E-state index contributed by atoms with van der Waals surface area (Å²) in [4.78, 5) is 11.5. The lowest BCUT2D eigenvalue weighted by Gasteiger charge is -2.16. The van der Waals surface area contributed by atoms with Gasteiger partial charge in [-0.05, 0) is 18.6 Å². The highest BCUT2D eigenvalue weighted by Crippen LogP contribution is 2.34. The molecule has 3 unspecified atom stereocenters. The third kappa shape index (κ3) is 1.33. The molecule has 0 saturated carbocycles. The van der Waals surface area contributed by atoms with Gasteiger partial charge in [-0.2, -0.15) is 0 Å². The van der Waals surface area contributed by atoms with Crippen LogP contribution in [0.5, 0.6) is 0 Å². The Kier molecular flexibility index (Phi) is 2.32. The molecule has 2 rings (SSSR count). The molecule has 1 amide bonds. The molecule has 76 valence electrons. The largest absolute Gasteiger partial charge is 0.469 e. The fourth-order valence-corrected chi connectivity index (χ4v) is 2.20.